The lowest BCUT2D eigenvalue weighted by molar-refractivity contribution is 0.424. The van der Waals surface area contributed by atoms with E-state index < -0.39 is 0 Å². The fourth-order valence-corrected chi connectivity index (χ4v) is 1.42. The number of hydrogen-bond donors (Lipinski definition) is 2. The molecule has 3 heteroatoms. The quantitative estimate of drug-likeness (QED) is 0.817. The Balaban J connectivity index is 1.86. The molecule has 0 atom stereocenters. The average molecular weight is 219 g/mol. The van der Waals surface area contributed by atoms with Crippen LogP contribution >= 0.6 is 0 Å². The molecule has 2 N–H and O–H groups in total. The summed E-state index contributed by atoms with van der Waals surface area (Å²) in [7, 11) is 0. The van der Waals surface area contributed by atoms with Gasteiger partial charge in [-0.1, -0.05) is 6.07 Å². The third kappa shape index (κ3) is 3.81. The number of aromatic nitrogens is 1. The van der Waals surface area contributed by atoms with Crippen LogP contribution in [0.2, 0.25) is 0 Å². The molecule has 0 unspecified atom stereocenters. The maximum absolute atomic E-state index is 4.41. The first-order chi connectivity index (χ1) is 7.53. The summed E-state index contributed by atoms with van der Waals surface area (Å²) in [6.07, 6.45) is 4.52. The Hall–Kier alpha value is -1.09. The lowest BCUT2D eigenvalue weighted by Gasteiger charge is -2.20. The van der Waals surface area contributed by atoms with Gasteiger partial charge in [0.05, 0.1) is 0 Å². The minimum absolute atomic E-state index is 0.158. The topological polar surface area (TPSA) is 37.0 Å². The summed E-state index contributed by atoms with van der Waals surface area (Å²) >= 11 is 0. The predicted octanol–water partition coefficient (Wildman–Crippen LogP) is 2.54. The highest BCUT2D eigenvalue weighted by molar-refractivity contribution is 5.37. The second-order valence-electron chi connectivity index (χ2n) is 5.57. The Morgan fingerprint density at radius 1 is 1.31 bits per heavy atom. The Labute approximate surface area is 97.7 Å². The molecule has 1 heterocycles. The van der Waals surface area contributed by atoms with E-state index in [0.717, 1.165) is 12.4 Å². The summed E-state index contributed by atoms with van der Waals surface area (Å²) in [4.78, 5) is 4.41. The lowest BCUT2D eigenvalue weighted by atomic mass is 10.1. The van der Waals surface area contributed by atoms with Gasteiger partial charge in [0.1, 0.15) is 5.82 Å². The lowest BCUT2D eigenvalue weighted by Crippen LogP contribution is -2.35. The molecule has 0 amide bonds. The smallest absolute Gasteiger partial charge is 0.126 e. The molecule has 2 rings (SSSR count). The summed E-state index contributed by atoms with van der Waals surface area (Å²) in [6.45, 7) is 7.39. The van der Waals surface area contributed by atoms with Gasteiger partial charge in [-0.15, -0.1) is 0 Å². The first-order valence-electron chi connectivity index (χ1n) is 5.99. The van der Waals surface area contributed by atoms with Crippen molar-refractivity contribution in [2.45, 2.75) is 51.7 Å². The van der Waals surface area contributed by atoms with E-state index in [0.29, 0.717) is 6.04 Å². The number of rotatable bonds is 4. The van der Waals surface area contributed by atoms with Crippen LogP contribution < -0.4 is 10.6 Å². The zero-order chi connectivity index (χ0) is 11.6. The van der Waals surface area contributed by atoms with Gasteiger partial charge in [0.25, 0.3) is 0 Å². The molecule has 1 aromatic rings. The Morgan fingerprint density at radius 3 is 2.56 bits per heavy atom. The van der Waals surface area contributed by atoms with Gasteiger partial charge in [-0.25, -0.2) is 4.98 Å². The molecule has 0 spiro atoms. The maximum atomic E-state index is 4.41. The fourth-order valence-electron chi connectivity index (χ4n) is 1.42. The standard InChI is InChI=1S/C13H21N3/c1-13(2,3)15-9-10-4-7-12(14-8-10)16-11-5-6-11/h4,7-8,11,15H,5-6,9H2,1-3H3,(H,14,16). The third-order valence-corrected chi connectivity index (χ3v) is 2.58. The van der Waals surface area contributed by atoms with Gasteiger partial charge in [-0.05, 0) is 45.2 Å². The first kappa shape index (κ1) is 11.4. The number of anilines is 1. The highest BCUT2D eigenvalue weighted by Crippen LogP contribution is 2.23. The fraction of sp³-hybridized carbons (Fsp3) is 0.615. The molecule has 0 aromatic carbocycles. The van der Waals surface area contributed by atoms with Gasteiger partial charge in [0.15, 0.2) is 0 Å². The molecule has 3 nitrogen and oxygen atoms in total. The van der Waals surface area contributed by atoms with Crippen molar-refractivity contribution in [2.75, 3.05) is 5.32 Å². The second kappa shape index (κ2) is 4.42. The second-order valence-corrected chi connectivity index (χ2v) is 5.57. The van der Waals surface area contributed by atoms with Crippen molar-refractivity contribution < 1.29 is 0 Å². The van der Waals surface area contributed by atoms with Gasteiger partial charge in [-0.3, -0.25) is 0 Å². The van der Waals surface area contributed by atoms with Crippen molar-refractivity contribution in [3.05, 3.63) is 23.9 Å². The molecule has 1 aliphatic carbocycles. The number of pyridine rings is 1. The van der Waals surface area contributed by atoms with E-state index in [4.69, 9.17) is 0 Å². The summed E-state index contributed by atoms with van der Waals surface area (Å²) in [5.41, 5.74) is 1.39. The van der Waals surface area contributed by atoms with Crippen LogP contribution in [0.25, 0.3) is 0 Å². The SMILES string of the molecule is CC(C)(C)NCc1ccc(NC2CC2)nc1. The van der Waals surface area contributed by atoms with E-state index in [1.165, 1.54) is 18.4 Å². The summed E-state index contributed by atoms with van der Waals surface area (Å²) < 4.78 is 0. The van der Waals surface area contributed by atoms with E-state index in [2.05, 4.69) is 48.5 Å². The van der Waals surface area contributed by atoms with Gasteiger partial charge in [0, 0.05) is 24.3 Å². The first-order valence-corrected chi connectivity index (χ1v) is 5.99. The number of nitrogens with one attached hydrogen (secondary N) is 2. The van der Waals surface area contributed by atoms with E-state index >= 15 is 0 Å². The van der Waals surface area contributed by atoms with Crippen molar-refractivity contribution in [3.63, 3.8) is 0 Å². The largest absolute Gasteiger partial charge is 0.367 e. The molecule has 0 radical (unpaired) electrons. The zero-order valence-corrected chi connectivity index (χ0v) is 10.4. The minimum atomic E-state index is 0.158. The van der Waals surface area contributed by atoms with Gasteiger partial charge in [0.2, 0.25) is 0 Å². The summed E-state index contributed by atoms with van der Waals surface area (Å²) in [5, 5.41) is 6.83. The van der Waals surface area contributed by atoms with Crippen molar-refractivity contribution in [1.29, 1.82) is 0 Å². The van der Waals surface area contributed by atoms with E-state index in [9.17, 15) is 0 Å². The molecular weight excluding hydrogens is 198 g/mol. The van der Waals surface area contributed by atoms with Crippen LogP contribution in [0, 0.1) is 0 Å². The van der Waals surface area contributed by atoms with Gasteiger partial charge in [-0.2, -0.15) is 0 Å². The number of nitrogens with zero attached hydrogens (tertiary/aromatic N) is 1. The van der Waals surface area contributed by atoms with Crippen molar-refractivity contribution >= 4 is 5.82 Å². The highest BCUT2D eigenvalue weighted by Gasteiger charge is 2.20. The highest BCUT2D eigenvalue weighted by atomic mass is 15.0. The molecule has 88 valence electrons. The molecule has 0 saturated heterocycles. The molecule has 1 aliphatic rings. The summed E-state index contributed by atoms with van der Waals surface area (Å²) in [5.74, 6) is 1.00. The molecule has 16 heavy (non-hydrogen) atoms. The molecule has 1 saturated carbocycles. The van der Waals surface area contributed by atoms with E-state index in [-0.39, 0.29) is 5.54 Å². The van der Waals surface area contributed by atoms with Crippen LogP contribution in [0.5, 0.6) is 0 Å². The molecule has 1 aromatic heterocycles. The summed E-state index contributed by atoms with van der Waals surface area (Å²) in [6, 6.07) is 4.88. The van der Waals surface area contributed by atoms with Crippen LogP contribution in [0.3, 0.4) is 0 Å². The predicted molar refractivity (Wildman–Crippen MR) is 67.5 cm³/mol. The normalized spacial score (nSPS) is 16.2. The number of hydrogen-bond acceptors (Lipinski definition) is 3. The van der Waals surface area contributed by atoms with Crippen LogP contribution in [-0.2, 0) is 6.54 Å². The Morgan fingerprint density at radius 2 is 2.06 bits per heavy atom. The van der Waals surface area contributed by atoms with Crippen molar-refractivity contribution in [2.24, 2.45) is 0 Å². The maximum Gasteiger partial charge on any atom is 0.126 e. The zero-order valence-electron chi connectivity index (χ0n) is 10.4. The average Bonchev–Trinajstić information content (AvgIpc) is 3.00. The monoisotopic (exact) mass is 219 g/mol. The van der Waals surface area contributed by atoms with Crippen molar-refractivity contribution in [1.82, 2.24) is 10.3 Å². The van der Waals surface area contributed by atoms with Crippen LogP contribution in [-0.4, -0.2) is 16.6 Å². The Kier molecular flexibility index (Phi) is 3.15. The van der Waals surface area contributed by atoms with Crippen LogP contribution in [0.1, 0.15) is 39.2 Å². The van der Waals surface area contributed by atoms with Crippen LogP contribution in [0.4, 0.5) is 5.82 Å². The Bertz CT molecular complexity index is 333. The molecular formula is C13H21N3. The molecule has 1 fully saturated rings. The van der Waals surface area contributed by atoms with Crippen LogP contribution in [0.15, 0.2) is 18.3 Å². The molecule has 0 bridgehead atoms. The van der Waals surface area contributed by atoms with Crippen molar-refractivity contribution in [3.8, 4) is 0 Å². The van der Waals surface area contributed by atoms with Gasteiger partial charge >= 0.3 is 0 Å². The molecule has 0 aliphatic heterocycles. The van der Waals surface area contributed by atoms with E-state index in [1.54, 1.807) is 0 Å². The third-order valence-electron chi connectivity index (χ3n) is 2.58. The minimum Gasteiger partial charge on any atom is -0.367 e. The van der Waals surface area contributed by atoms with E-state index in [1.807, 2.05) is 6.20 Å². The van der Waals surface area contributed by atoms with Gasteiger partial charge < -0.3 is 10.6 Å².